The molecule has 1 saturated carbocycles. The molecule has 29 heavy (non-hydrogen) atoms. The van der Waals surface area contributed by atoms with Crippen molar-refractivity contribution in [2.24, 2.45) is 5.92 Å². The highest BCUT2D eigenvalue weighted by Crippen LogP contribution is 2.57. The Bertz CT molecular complexity index is 932. The van der Waals surface area contributed by atoms with Crippen LogP contribution in [0.15, 0.2) is 18.2 Å². The van der Waals surface area contributed by atoms with Crippen LogP contribution in [0.25, 0.3) is 10.9 Å². The van der Waals surface area contributed by atoms with Crippen molar-refractivity contribution < 1.29 is 9.53 Å². The van der Waals surface area contributed by atoms with E-state index in [1.54, 1.807) is 0 Å². The number of aromatic nitrogens is 2. The van der Waals surface area contributed by atoms with Gasteiger partial charge in [0.1, 0.15) is 12.4 Å². The molecule has 7 nitrogen and oxygen atoms in total. The zero-order chi connectivity index (χ0) is 19.4. The van der Waals surface area contributed by atoms with E-state index in [9.17, 15) is 4.79 Å². The number of aromatic amines is 1. The Labute approximate surface area is 170 Å². The number of likely N-dealkylation sites (tertiary alicyclic amines) is 1. The van der Waals surface area contributed by atoms with Gasteiger partial charge in [0.25, 0.3) is 5.91 Å². The van der Waals surface area contributed by atoms with Crippen LogP contribution in [0.3, 0.4) is 0 Å². The second kappa shape index (κ2) is 6.71. The minimum absolute atomic E-state index is 0.0694. The van der Waals surface area contributed by atoms with Gasteiger partial charge in [-0.15, -0.1) is 0 Å². The van der Waals surface area contributed by atoms with Gasteiger partial charge in [0.05, 0.1) is 5.52 Å². The van der Waals surface area contributed by atoms with Gasteiger partial charge in [-0.2, -0.15) is 5.10 Å². The fraction of sp³-hybridized carbons (Fsp3) is 0.636. The molecule has 2 N–H and O–H groups in total. The molecule has 1 amide bonds. The molecule has 4 fully saturated rings. The first-order valence-corrected chi connectivity index (χ1v) is 11.1. The Hall–Kier alpha value is -2.12. The van der Waals surface area contributed by atoms with E-state index < -0.39 is 0 Å². The Kier molecular flexibility index (Phi) is 4.10. The smallest absolute Gasteiger partial charge is 0.272 e. The lowest BCUT2D eigenvalue weighted by Crippen LogP contribution is -2.64. The van der Waals surface area contributed by atoms with E-state index in [2.05, 4.69) is 25.3 Å². The SMILES string of the molecule is O=C(NC1CN2CCC23CC[C@H]13)c1n[nH]c2ccc(OCCN3CCCC3)cc12. The molecule has 7 heteroatoms. The van der Waals surface area contributed by atoms with Crippen molar-refractivity contribution in [2.45, 2.75) is 43.7 Å². The first-order chi connectivity index (χ1) is 14.2. The molecule has 1 spiro atoms. The fourth-order valence-electron chi connectivity index (χ4n) is 6.06. The van der Waals surface area contributed by atoms with Crippen molar-refractivity contribution in [3.8, 4) is 5.75 Å². The molecule has 0 radical (unpaired) electrons. The normalized spacial score (nSPS) is 31.2. The van der Waals surface area contributed by atoms with Gasteiger partial charge in [0, 0.05) is 36.6 Å². The molecular formula is C22H29N5O2. The third-order valence-electron chi connectivity index (χ3n) is 7.87. The summed E-state index contributed by atoms with van der Waals surface area (Å²) < 4.78 is 5.97. The van der Waals surface area contributed by atoms with Gasteiger partial charge < -0.3 is 10.1 Å². The van der Waals surface area contributed by atoms with E-state index >= 15 is 0 Å². The number of hydrogen-bond acceptors (Lipinski definition) is 5. The van der Waals surface area contributed by atoms with Gasteiger partial charge in [-0.05, 0) is 69.3 Å². The summed E-state index contributed by atoms with van der Waals surface area (Å²) in [5.41, 5.74) is 1.77. The predicted octanol–water partition coefficient (Wildman–Crippen LogP) is 2.00. The quantitative estimate of drug-likeness (QED) is 0.783. The predicted molar refractivity (Wildman–Crippen MR) is 110 cm³/mol. The number of fused-ring (bicyclic) bond motifs is 1. The van der Waals surface area contributed by atoms with Crippen molar-refractivity contribution >= 4 is 16.8 Å². The Morgan fingerprint density at radius 3 is 2.90 bits per heavy atom. The van der Waals surface area contributed by atoms with Crippen LogP contribution in [0.4, 0.5) is 0 Å². The van der Waals surface area contributed by atoms with Crippen molar-refractivity contribution in [1.29, 1.82) is 0 Å². The molecule has 2 unspecified atom stereocenters. The lowest BCUT2D eigenvalue weighted by molar-refractivity contribution is -0.0676. The number of carbonyl (C=O) groups is 1. The van der Waals surface area contributed by atoms with E-state index in [0.29, 0.717) is 23.8 Å². The van der Waals surface area contributed by atoms with Crippen LogP contribution in [0, 0.1) is 5.92 Å². The lowest BCUT2D eigenvalue weighted by Gasteiger charge is -2.58. The van der Waals surface area contributed by atoms with Crippen molar-refractivity contribution in [2.75, 3.05) is 39.3 Å². The van der Waals surface area contributed by atoms with Gasteiger partial charge >= 0.3 is 0 Å². The Morgan fingerprint density at radius 2 is 2.17 bits per heavy atom. The fourth-order valence-corrected chi connectivity index (χ4v) is 6.06. The topological polar surface area (TPSA) is 73.5 Å². The number of hydrogen-bond donors (Lipinski definition) is 2. The van der Waals surface area contributed by atoms with Crippen LogP contribution >= 0.6 is 0 Å². The lowest BCUT2D eigenvalue weighted by atomic mass is 9.61. The van der Waals surface area contributed by atoms with E-state index in [0.717, 1.165) is 29.7 Å². The zero-order valence-electron chi connectivity index (χ0n) is 16.8. The maximum Gasteiger partial charge on any atom is 0.272 e. The molecule has 4 heterocycles. The third-order valence-corrected chi connectivity index (χ3v) is 7.87. The zero-order valence-corrected chi connectivity index (χ0v) is 16.8. The number of benzene rings is 1. The van der Waals surface area contributed by atoms with Crippen LogP contribution in [-0.2, 0) is 0 Å². The highest BCUT2D eigenvalue weighted by Gasteiger charge is 2.63. The Morgan fingerprint density at radius 1 is 1.28 bits per heavy atom. The van der Waals surface area contributed by atoms with Gasteiger partial charge in [-0.3, -0.25) is 19.7 Å². The molecule has 6 rings (SSSR count). The summed E-state index contributed by atoms with van der Waals surface area (Å²) in [6.45, 7) is 6.16. The number of carbonyl (C=O) groups excluding carboxylic acids is 1. The molecule has 0 bridgehead atoms. The van der Waals surface area contributed by atoms with Crippen LogP contribution in [0.5, 0.6) is 5.75 Å². The van der Waals surface area contributed by atoms with Gasteiger partial charge in [-0.1, -0.05) is 0 Å². The number of H-pyrrole nitrogens is 1. The summed E-state index contributed by atoms with van der Waals surface area (Å²) >= 11 is 0. The minimum Gasteiger partial charge on any atom is -0.492 e. The van der Waals surface area contributed by atoms with Crippen molar-refractivity contribution in [3.63, 3.8) is 0 Å². The van der Waals surface area contributed by atoms with E-state index in [1.165, 1.54) is 51.7 Å². The second-order valence-electron chi connectivity index (χ2n) is 9.20. The summed E-state index contributed by atoms with van der Waals surface area (Å²) in [6.07, 6.45) is 6.42. The maximum atomic E-state index is 13.0. The molecule has 3 atom stereocenters. The average molecular weight is 396 g/mol. The summed E-state index contributed by atoms with van der Waals surface area (Å²) in [4.78, 5) is 18.0. The molecule has 4 aliphatic rings. The molecule has 3 aliphatic heterocycles. The summed E-state index contributed by atoms with van der Waals surface area (Å²) in [7, 11) is 0. The van der Waals surface area contributed by atoms with Gasteiger partial charge in [0.15, 0.2) is 5.69 Å². The van der Waals surface area contributed by atoms with Crippen LogP contribution < -0.4 is 10.1 Å². The van der Waals surface area contributed by atoms with E-state index in [1.807, 2.05) is 18.2 Å². The summed E-state index contributed by atoms with van der Waals surface area (Å²) in [5, 5.41) is 11.4. The molecule has 2 aromatic rings. The summed E-state index contributed by atoms with van der Waals surface area (Å²) in [5.74, 6) is 1.35. The van der Waals surface area contributed by atoms with Gasteiger partial charge in [0.2, 0.25) is 0 Å². The van der Waals surface area contributed by atoms with E-state index in [-0.39, 0.29) is 11.9 Å². The average Bonchev–Trinajstić information content (AvgIpc) is 3.35. The van der Waals surface area contributed by atoms with Crippen molar-refractivity contribution in [1.82, 2.24) is 25.3 Å². The first-order valence-electron chi connectivity index (χ1n) is 11.1. The highest BCUT2D eigenvalue weighted by molar-refractivity contribution is 6.05. The van der Waals surface area contributed by atoms with Crippen LogP contribution in [0.2, 0.25) is 0 Å². The molecule has 1 aromatic carbocycles. The van der Waals surface area contributed by atoms with Crippen molar-refractivity contribution in [3.05, 3.63) is 23.9 Å². The molecule has 154 valence electrons. The summed E-state index contributed by atoms with van der Waals surface area (Å²) in [6, 6.07) is 6.11. The van der Waals surface area contributed by atoms with Crippen LogP contribution in [0.1, 0.15) is 42.6 Å². The second-order valence-corrected chi connectivity index (χ2v) is 9.20. The third kappa shape index (κ3) is 2.78. The van der Waals surface area contributed by atoms with E-state index in [4.69, 9.17) is 4.74 Å². The largest absolute Gasteiger partial charge is 0.492 e. The number of ether oxygens (including phenoxy) is 1. The monoisotopic (exact) mass is 395 g/mol. The maximum absolute atomic E-state index is 13.0. The number of amides is 1. The Balaban J connectivity index is 1.14. The highest BCUT2D eigenvalue weighted by atomic mass is 16.5. The number of nitrogens with one attached hydrogen (secondary N) is 2. The molecular weight excluding hydrogens is 366 g/mol. The molecule has 1 aliphatic carbocycles. The first kappa shape index (κ1) is 17.7. The number of nitrogens with zero attached hydrogens (tertiary/aromatic N) is 3. The molecule has 3 saturated heterocycles. The number of rotatable bonds is 6. The van der Waals surface area contributed by atoms with Gasteiger partial charge in [-0.25, -0.2) is 0 Å². The minimum atomic E-state index is -0.0694. The van der Waals surface area contributed by atoms with Crippen LogP contribution in [-0.4, -0.2) is 76.8 Å². The molecule has 1 aromatic heterocycles. The standard InChI is InChI=1S/C22H29N5O2/c28-21(23-19-14-27-10-7-22(27)6-5-17(19)22)20-16-13-15(3-4-18(16)24-25-20)29-12-11-26-8-1-2-9-26/h3-4,13,17,19H,1-2,5-12,14H2,(H,23,28)(H,24,25)/t17-,19?,22?/m1/s1.